The molecule has 0 fully saturated rings. The van der Waals surface area contributed by atoms with E-state index < -0.39 is 0 Å². The van der Waals surface area contributed by atoms with E-state index in [0.717, 1.165) is 0 Å². The summed E-state index contributed by atoms with van der Waals surface area (Å²) in [6, 6.07) is 14.2. The van der Waals surface area contributed by atoms with Gasteiger partial charge in [0.15, 0.2) is 0 Å². The lowest BCUT2D eigenvalue weighted by atomic mass is 9.63. The van der Waals surface area contributed by atoms with Crippen molar-refractivity contribution in [3.63, 3.8) is 0 Å². The fourth-order valence-electron chi connectivity index (χ4n) is 4.56. The Labute approximate surface area is 145 Å². The zero-order valence-electron chi connectivity index (χ0n) is 15.2. The van der Waals surface area contributed by atoms with Crippen LogP contribution in [0.25, 0.3) is 12.2 Å². The number of fused-ring (bicyclic) bond motifs is 1. The number of allylic oxidation sites excluding steroid dienone is 2. The summed E-state index contributed by atoms with van der Waals surface area (Å²) in [6.45, 7) is 8.69. The molecular weight excluding hydrogens is 288 g/mol. The van der Waals surface area contributed by atoms with Gasteiger partial charge in [0.1, 0.15) is 0 Å². The second-order valence-electron chi connectivity index (χ2n) is 7.90. The minimum Gasteiger partial charge on any atom is -0.0758 e. The Balaban J connectivity index is 1.82. The monoisotopic (exact) mass is 314 g/mol. The Morgan fingerprint density at radius 3 is 1.46 bits per heavy atom. The van der Waals surface area contributed by atoms with Crippen LogP contribution < -0.4 is 0 Å². The third-order valence-corrected chi connectivity index (χ3v) is 5.38. The van der Waals surface area contributed by atoms with Gasteiger partial charge in [-0.2, -0.15) is 0 Å². The lowest BCUT2D eigenvalue weighted by molar-refractivity contribution is 0.519. The topological polar surface area (TPSA) is 0 Å². The number of hydrogen-bond acceptors (Lipinski definition) is 0. The molecule has 2 unspecified atom stereocenters. The molecule has 2 bridgehead atoms. The summed E-state index contributed by atoms with van der Waals surface area (Å²) in [5.41, 5.74) is 11.7. The molecule has 0 heterocycles. The lowest BCUT2D eigenvalue weighted by Crippen LogP contribution is -2.24. The molecule has 122 valence electrons. The average Bonchev–Trinajstić information content (AvgIpc) is 2.54. The lowest BCUT2D eigenvalue weighted by Gasteiger charge is -2.40. The first kappa shape index (κ1) is 15.4. The summed E-state index contributed by atoms with van der Waals surface area (Å²) in [5.74, 6) is 1.18. The van der Waals surface area contributed by atoms with Crippen LogP contribution in [-0.2, 0) is 0 Å². The maximum Gasteiger partial charge on any atom is 0.00958 e. The van der Waals surface area contributed by atoms with Crippen LogP contribution >= 0.6 is 0 Å². The molecule has 2 atom stereocenters. The Morgan fingerprint density at radius 1 is 0.667 bits per heavy atom. The van der Waals surface area contributed by atoms with E-state index in [2.05, 4.69) is 76.2 Å². The normalized spacial score (nSPS) is 20.2. The Morgan fingerprint density at radius 2 is 1.08 bits per heavy atom. The average molecular weight is 314 g/mol. The molecule has 0 saturated heterocycles. The standard InChI is InChI=1S/C24H26/c1-15(2)11-17-5-7-19-22-10-9-21(23(19)13-17)20-8-6-18(12-16(3)4)14-24(20)22/h5-8,11-14,21-22H,9-10H2,1-4H3. The largest absolute Gasteiger partial charge is 0.0758 e. The van der Waals surface area contributed by atoms with Crippen molar-refractivity contribution < 1.29 is 0 Å². The maximum absolute atomic E-state index is 2.44. The zero-order chi connectivity index (χ0) is 16.8. The highest BCUT2D eigenvalue weighted by Crippen LogP contribution is 2.53. The molecule has 5 rings (SSSR count). The van der Waals surface area contributed by atoms with E-state index in [9.17, 15) is 0 Å². The van der Waals surface area contributed by atoms with Gasteiger partial charge in [0.2, 0.25) is 0 Å². The summed E-state index contributed by atoms with van der Waals surface area (Å²) >= 11 is 0. The van der Waals surface area contributed by atoms with Crippen molar-refractivity contribution in [1.29, 1.82) is 0 Å². The van der Waals surface area contributed by atoms with Crippen LogP contribution in [0.2, 0.25) is 0 Å². The van der Waals surface area contributed by atoms with Gasteiger partial charge in [-0.1, -0.05) is 59.7 Å². The predicted molar refractivity (Wildman–Crippen MR) is 104 cm³/mol. The van der Waals surface area contributed by atoms with Crippen molar-refractivity contribution in [2.75, 3.05) is 0 Å². The van der Waals surface area contributed by atoms with Gasteiger partial charge >= 0.3 is 0 Å². The summed E-state index contributed by atoms with van der Waals surface area (Å²) in [7, 11) is 0. The minimum absolute atomic E-state index is 0.589. The molecule has 2 aromatic carbocycles. The molecule has 3 aliphatic rings. The first-order valence-corrected chi connectivity index (χ1v) is 9.10. The Kier molecular flexibility index (Phi) is 3.72. The first-order valence-electron chi connectivity index (χ1n) is 9.10. The van der Waals surface area contributed by atoms with Crippen molar-refractivity contribution in [3.8, 4) is 0 Å². The van der Waals surface area contributed by atoms with Crippen LogP contribution in [0.4, 0.5) is 0 Å². The molecule has 0 N–H and O–H groups in total. The molecule has 0 heteroatoms. The Bertz CT molecular complexity index is 782. The van der Waals surface area contributed by atoms with E-state index in [1.54, 1.807) is 22.3 Å². The third-order valence-electron chi connectivity index (χ3n) is 5.38. The number of hydrogen-bond donors (Lipinski definition) is 0. The van der Waals surface area contributed by atoms with E-state index in [-0.39, 0.29) is 0 Å². The molecule has 0 nitrogen and oxygen atoms in total. The van der Waals surface area contributed by atoms with Crippen LogP contribution in [0, 0.1) is 0 Å². The van der Waals surface area contributed by atoms with E-state index in [4.69, 9.17) is 0 Å². The van der Waals surface area contributed by atoms with Gasteiger partial charge in [-0.25, -0.2) is 0 Å². The highest BCUT2D eigenvalue weighted by Gasteiger charge is 2.37. The summed E-state index contributed by atoms with van der Waals surface area (Å²) < 4.78 is 0. The summed E-state index contributed by atoms with van der Waals surface area (Å²) in [6.07, 6.45) is 7.18. The van der Waals surface area contributed by atoms with E-state index >= 15 is 0 Å². The van der Waals surface area contributed by atoms with Crippen molar-refractivity contribution in [2.24, 2.45) is 0 Å². The quantitative estimate of drug-likeness (QED) is 0.565. The van der Waals surface area contributed by atoms with Crippen LogP contribution in [0.3, 0.4) is 0 Å². The number of benzene rings is 2. The van der Waals surface area contributed by atoms with Crippen molar-refractivity contribution >= 4 is 12.2 Å². The van der Waals surface area contributed by atoms with E-state index in [0.29, 0.717) is 11.8 Å². The van der Waals surface area contributed by atoms with Gasteiger partial charge in [0.25, 0.3) is 0 Å². The Hall–Kier alpha value is -2.08. The van der Waals surface area contributed by atoms with Gasteiger partial charge in [-0.15, -0.1) is 0 Å². The fraction of sp³-hybridized carbons (Fsp3) is 0.333. The second kappa shape index (κ2) is 5.77. The predicted octanol–water partition coefficient (Wildman–Crippen LogP) is 6.90. The van der Waals surface area contributed by atoms with Crippen molar-refractivity contribution in [3.05, 3.63) is 80.9 Å². The maximum atomic E-state index is 2.44. The van der Waals surface area contributed by atoms with Crippen LogP contribution in [0.15, 0.2) is 47.5 Å². The molecule has 0 radical (unpaired) electrons. The highest BCUT2D eigenvalue weighted by molar-refractivity contribution is 5.63. The molecule has 0 saturated carbocycles. The zero-order valence-corrected chi connectivity index (χ0v) is 15.2. The van der Waals surface area contributed by atoms with E-state index in [1.165, 1.54) is 35.1 Å². The number of rotatable bonds is 2. The molecule has 24 heavy (non-hydrogen) atoms. The fourth-order valence-corrected chi connectivity index (χ4v) is 4.56. The summed E-state index contributed by atoms with van der Waals surface area (Å²) in [5, 5.41) is 0. The smallest absolute Gasteiger partial charge is 0.00958 e. The van der Waals surface area contributed by atoms with Gasteiger partial charge < -0.3 is 0 Å². The van der Waals surface area contributed by atoms with Gasteiger partial charge in [0.05, 0.1) is 0 Å². The molecule has 0 spiro atoms. The second-order valence-corrected chi connectivity index (χ2v) is 7.90. The van der Waals surface area contributed by atoms with Crippen LogP contribution in [-0.4, -0.2) is 0 Å². The van der Waals surface area contributed by atoms with Crippen LogP contribution in [0.5, 0.6) is 0 Å². The van der Waals surface area contributed by atoms with E-state index in [1.807, 2.05) is 0 Å². The third kappa shape index (κ3) is 2.55. The van der Waals surface area contributed by atoms with Crippen LogP contribution in [0.1, 0.15) is 85.8 Å². The van der Waals surface area contributed by atoms with Crippen molar-refractivity contribution in [2.45, 2.75) is 52.4 Å². The molecule has 2 aromatic rings. The van der Waals surface area contributed by atoms with Gasteiger partial charge in [-0.3, -0.25) is 0 Å². The molecular formula is C24H26. The van der Waals surface area contributed by atoms with Gasteiger partial charge in [-0.05, 0) is 73.9 Å². The molecule has 3 aliphatic carbocycles. The minimum atomic E-state index is 0.589. The molecule has 0 aliphatic heterocycles. The SMILES string of the molecule is CC(C)=Cc1ccc2c(c1)C1CCC2c2cc(C=C(C)C)ccc21. The van der Waals surface area contributed by atoms with Crippen molar-refractivity contribution in [1.82, 2.24) is 0 Å². The molecule has 0 aromatic heterocycles. The highest BCUT2D eigenvalue weighted by atomic mass is 14.4. The molecule has 0 amide bonds. The first-order chi connectivity index (χ1) is 11.5. The summed E-state index contributed by atoms with van der Waals surface area (Å²) in [4.78, 5) is 0. The van der Waals surface area contributed by atoms with Gasteiger partial charge in [0, 0.05) is 11.8 Å².